The highest BCUT2D eigenvalue weighted by Gasteiger charge is 2.36. The largest absolute Gasteiger partial charge is 0.341 e. The van der Waals surface area contributed by atoms with E-state index in [0.29, 0.717) is 15.6 Å². The molecule has 0 saturated carbocycles. The molecule has 3 aromatic rings. The molecule has 2 aliphatic heterocycles. The molecule has 0 N–H and O–H groups in total. The third kappa shape index (κ3) is 3.82. The van der Waals surface area contributed by atoms with E-state index in [1.165, 1.54) is 0 Å². The van der Waals surface area contributed by atoms with Gasteiger partial charge in [-0.3, -0.25) is 14.4 Å². The molecule has 2 saturated heterocycles. The van der Waals surface area contributed by atoms with Gasteiger partial charge >= 0.3 is 0 Å². The van der Waals surface area contributed by atoms with Crippen molar-refractivity contribution in [2.75, 3.05) is 18.0 Å². The quantitative estimate of drug-likeness (QED) is 0.499. The summed E-state index contributed by atoms with van der Waals surface area (Å²) in [6.07, 6.45) is 5.71. The zero-order valence-electron chi connectivity index (χ0n) is 17.2. The van der Waals surface area contributed by atoms with Crippen LogP contribution in [0.5, 0.6) is 0 Å². The standard InChI is InChI=1S/C24H20ClN3O3S/c25-17-6-5-7-18(13-17)28-23(30)21(32-24(28)31)12-16-14-27(20-9-2-1-8-19(16)20)15-22(29)26-10-3-4-11-26/h1-2,5-9,12-14H,3-4,10-11,15H2/b21-12-. The van der Waals surface area contributed by atoms with Gasteiger partial charge in [0.2, 0.25) is 5.91 Å². The number of rotatable bonds is 4. The highest BCUT2D eigenvalue weighted by molar-refractivity contribution is 8.19. The van der Waals surface area contributed by atoms with E-state index in [4.69, 9.17) is 11.6 Å². The summed E-state index contributed by atoms with van der Waals surface area (Å²) in [6, 6.07) is 14.4. The van der Waals surface area contributed by atoms with Gasteiger partial charge in [-0.15, -0.1) is 0 Å². The number of likely N-dealkylation sites (tertiary alicyclic amines) is 1. The fourth-order valence-corrected chi connectivity index (χ4v) is 5.20. The molecule has 2 aromatic carbocycles. The number of imide groups is 1. The van der Waals surface area contributed by atoms with E-state index in [9.17, 15) is 14.4 Å². The molecule has 2 aliphatic rings. The zero-order chi connectivity index (χ0) is 22.2. The lowest BCUT2D eigenvalue weighted by molar-refractivity contribution is -0.130. The van der Waals surface area contributed by atoms with Crippen molar-refractivity contribution in [1.82, 2.24) is 9.47 Å². The normalized spacial score (nSPS) is 17.8. The highest BCUT2D eigenvalue weighted by Crippen LogP contribution is 2.37. The molecule has 1 aromatic heterocycles. The number of anilines is 1. The summed E-state index contributed by atoms with van der Waals surface area (Å²) in [5.74, 6) is -0.289. The Hall–Kier alpha value is -3.03. The van der Waals surface area contributed by atoms with Crippen molar-refractivity contribution >= 4 is 63.1 Å². The number of carbonyl (C=O) groups excluding carboxylic acids is 3. The molecule has 0 aliphatic carbocycles. The number of para-hydroxylation sites is 1. The van der Waals surface area contributed by atoms with Crippen LogP contribution in [-0.4, -0.2) is 39.6 Å². The van der Waals surface area contributed by atoms with Crippen LogP contribution in [0.4, 0.5) is 10.5 Å². The Bertz CT molecular complexity index is 1280. The molecule has 2 fully saturated rings. The van der Waals surface area contributed by atoms with Crippen LogP contribution >= 0.6 is 23.4 Å². The summed E-state index contributed by atoms with van der Waals surface area (Å²) in [4.78, 5) is 41.7. The third-order valence-electron chi connectivity index (χ3n) is 5.73. The van der Waals surface area contributed by atoms with Crippen molar-refractivity contribution in [2.24, 2.45) is 0 Å². The van der Waals surface area contributed by atoms with Gasteiger partial charge in [0.05, 0.1) is 10.6 Å². The third-order valence-corrected chi connectivity index (χ3v) is 6.84. The monoisotopic (exact) mass is 465 g/mol. The summed E-state index contributed by atoms with van der Waals surface area (Å²) in [6.45, 7) is 1.86. The van der Waals surface area contributed by atoms with Gasteiger partial charge in [0.1, 0.15) is 6.54 Å². The second-order valence-electron chi connectivity index (χ2n) is 7.81. The van der Waals surface area contributed by atoms with Gasteiger partial charge in [-0.2, -0.15) is 0 Å². The molecule has 6 nitrogen and oxygen atoms in total. The Morgan fingerprint density at radius 3 is 2.62 bits per heavy atom. The van der Waals surface area contributed by atoms with Crippen molar-refractivity contribution in [2.45, 2.75) is 19.4 Å². The van der Waals surface area contributed by atoms with Crippen molar-refractivity contribution in [3.8, 4) is 0 Å². The first-order valence-corrected chi connectivity index (χ1v) is 11.6. The summed E-state index contributed by atoms with van der Waals surface area (Å²) in [5, 5.41) is 1.02. The lowest BCUT2D eigenvalue weighted by Crippen LogP contribution is -2.30. The van der Waals surface area contributed by atoms with Crippen LogP contribution in [0.15, 0.2) is 59.6 Å². The molecule has 8 heteroatoms. The molecule has 0 spiro atoms. The molecule has 32 heavy (non-hydrogen) atoms. The molecule has 0 atom stereocenters. The SMILES string of the molecule is O=C(Cn1cc(/C=C2\SC(=O)N(c3cccc(Cl)c3)C2=O)c2ccccc21)N1CCCC1. The predicted molar refractivity (Wildman–Crippen MR) is 128 cm³/mol. The highest BCUT2D eigenvalue weighted by atomic mass is 35.5. The van der Waals surface area contributed by atoms with Crippen molar-refractivity contribution in [1.29, 1.82) is 0 Å². The number of thioether (sulfide) groups is 1. The van der Waals surface area contributed by atoms with Gasteiger partial charge in [0.25, 0.3) is 11.1 Å². The summed E-state index contributed by atoms with van der Waals surface area (Å²) in [5.41, 5.74) is 2.16. The molecule has 162 valence electrons. The van der Waals surface area contributed by atoms with Gasteiger partial charge in [0, 0.05) is 40.8 Å². The Kier molecular flexibility index (Phi) is 5.53. The topological polar surface area (TPSA) is 62.6 Å². The van der Waals surface area contributed by atoms with E-state index >= 15 is 0 Å². The Morgan fingerprint density at radius 1 is 1.06 bits per heavy atom. The van der Waals surface area contributed by atoms with Crippen LogP contribution in [-0.2, 0) is 16.1 Å². The maximum absolute atomic E-state index is 13.0. The molecule has 0 radical (unpaired) electrons. The molecule has 3 amide bonds. The second kappa shape index (κ2) is 8.48. The number of hydrogen-bond donors (Lipinski definition) is 0. The summed E-state index contributed by atoms with van der Waals surface area (Å²) >= 11 is 6.94. The van der Waals surface area contributed by atoms with Crippen molar-refractivity contribution in [3.63, 3.8) is 0 Å². The number of amides is 3. The Balaban J connectivity index is 1.48. The first-order chi connectivity index (χ1) is 15.5. The molecule has 0 bridgehead atoms. The van der Waals surface area contributed by atoms with Crippen LogP contribution in [0.3, 0.4) is 0 Å². The maximum atomic E-state index is 13.0. The van der Waals surface area contributed by atoms with Gasteiger partial charge in [-0.1, -0.05) is 35.9 Å². The molecular formula is C24H20ClN3O3S. The van der Waals surface area contributed by atoms with Crippen LogP contribution in [0.2, 0.25) is 5.02 Å². The number of benzene rings is 2. The van der Waals surface area contributed by atoms with E-state index in [1.54, 1.807) is 30.3 Å². The lowest BCUT2D eigenvalue weighted by Gasteiger charge is -2.15. The number of carbonyl (C=O) groups is 3. The fourth-order valence-electron chi connectivity index (χ4n) is 4.18. The number of halogens is 1. The maximum Gasteiger partial charge on any atom is 0.298 e. The van der Waals surface area contributed by atoms with Crippen molar-refractivity contribution < 1.29 is 14.4 Å². The first kappa shape index (κ1) is 20.8. The minimum atomic E-state index is -0.382. The van der Waals surface area contributed by atoms with E-state index in [1.807, 2.05) is 39.9 Å². The number of fused-ring (bicyclic) bond motifs is 1. The lowest BCUT2D eigenvalue weighted by atomic mass is 10.1. The number of nitrogens with zero attached hydrogens (tertiary/aromatic N) is 3. The average Bonchev–Trinajstić information content (AvgIpc) is 3.49. The predicted octanol–water partition coefficient (Wildman–Crippen LogP) is 5.16. The molecular weight excluding hydrogens is 446 g/mol. The Labute approximate surface area is 194 Å². The minimum Gasteiger partial charge on any atom is -0.341 e. The molecule has 5 rings (SSSR count). The fraction of sp³-hybridized carbons (Fsp3) is 0.208. The number of aromatic nitrogens is 1. The van der Waals surface area contributed by atoms with Gasteiger partial charge in [-0.25, -0.2) is 4.90 Å². The zero-order valence-corrected chi connectivity index (χ0v) is 18.7. The van der Waals surface area contributed by atoms with Gasteiger partial charge in [-0.05, 0) is 54.9 Å². The van der Waals surface area contributed by atoms with Crippen LogP contribution in [0, 0.1) is 0 Å². The van der Waals surface area contributed by atoms with Gasteiger partial charge in [0.15, 0.2) is 0 Å². The van der Waals surface area contributed by atoms with E-state index in [0.717, 1.165) is 59.1 Å². The average molecular weight is 466 g/mol. The van der Waals surface area contributed by atoms with E-state index in [-0.39, 0.29) is 23.6 Å². The second-order valence-corrected chi connectivity index (χ2v) is 9.24. The summed E-state index contributed by atoms with van der Waals surface area (Å²) in [7, 11) is 0. The van der Waals surface area contributed by atoms with Crippen molar-refractivity contribution in [3.05, 3.63) is 70.2 Å². The first-order valence-electron chi connectivity index (χ1n) is 10.4. The van der Waals surface area contributed by atoms with Gasteiger partial charge < -0.3 is 9.47 Å². The van der Waals surface area contributed by atoms with E-state index < -0.39 is 0 Å². The molecule has 3 heterocycles. The van der Waals surface area contributed by atoms with Crippen LogP contribution in [0.1, 0.15) is 18.4 Å². The van der Waals surface area contributed by atoms with Crippen LogP contribution < -0.4 is 4.90 Å². The van der Waals surface area contributed by atoms with Crippen LogP contribution in [0.25, 0.3) is 17.0 Å². The smallest absolute Gasteiger partial charge is 0.298 e. The Morgan fingerprint density at radius 2 is 1.84 bits per heavy atom. The molecule has 0 unspecified atom stereocenters. The minimum absolute atomic E-state index is 0.0936. The summed E-state index contributed by atoms with van der Waals surface area (Å²) < 4.78 is 1.92. The number of hydrogen-bond acceptors (Lipinski definition) is 4. The van der Waals surface area contributed by atoms with E-state index in [2.05, 4.69) is 0 Å².